The Morgan fingerprint density at radius 1 is 1.07 bits per heavy atom. The second-order valence-electron chi connectivity index (χ2n) is 6.70. The fourth-order valence-electron chi connectivity index (χ4n) is 2.90. The van der Waals surface area contributed by atoms with Crippen molar-refractivity contribution in [1.29, 1.82) is 0 Å². The van der Waals surface area contributed by atoms with Crippen molar-refractivity contribution < 1.29 is 9.84 Å². The van der Waals surface area contributed by atoms with E-state index in [-0.39, 0.29) is 16.6 Å². The maximum Gasteiger partial charge on any atom is 0.0874 e. The van der Waals surface area contributed by atoms with E-state index in [2.05, 4.69) is 46.8 Å². The predicted molar refractivity (Wildman–Crippen MR) is 60.7 cm³/mol. The zero-order chi connectivity index (χ0) is 11.5. The second kappa shape index (κ2) is 2.67. The molecule has 1 unspecified atom stereocenters. The molecule has 15 heavy (non-hydrogen) atoms. The Morgan fingerprint density at radius 2 is 1.47 bits per heavy atom. The molecule has 0 aromatic heterocycles. The maximum atomic E-state index is 10.8. The van der Waals surface area contributed by atoms with E-state index in [1.807, 2.05) is 0 Å². The van der Waals surface area contributed by atoms with Crippen molar-refractivity contribution >= 4 is 0 Å². The van der Waals surface area contributed by atoms with Crippen molar-refractivity contribution in [1.82, 2.24) is 0 Å². The van der Waals surface area contributed by atoms with Crippen molar-refractivity contribution in [2.24, 2.45) is 5.41 Å². The first-order valence-corrected chi connectivity index (χ1v) is 5.71. The van der Waals surface area contributed by atoms with Crippen LogP contribution in [0, 0.1) is 5.41 Å². The second-order valence-corrected chi connectivity index (χ2v) is 6.70. The van der Waals surface area contributed by atoms with Crippen LogP contribution in [0.1, 0.15) is 47.5 Å². The molecule has 2 heteroatoms. The van der Waals surface area contributed by atoms with Gasteiger partial charge in [0.1, 0.15) is 0 Å². The van der Waals surface area contributed by atoms with Gasteiger partial charge in [0.05, 0.1) is 16.8 Å². The van der Waals surface area contributed by atoms with Gasteiger partial charge in [-0.2, -0.15) is 0 Å². The molecule has 3 atom stereocenters. The molecule has 2 aliphatic heterocycles. The van der Waals surface area contributed by atoms with Gasteiger partial charge in [-0.05, 0) is 19.3 Å². The highest BCUT2D eigenvalue weighted by Crippen LogP contribution is 2.52. The van der Waals surface area contributed by atoms with E-state index in [0.717, 1.165) is 0 Å². The largest absolute Gasteiger partial charge is 0.389 e. The molecule has 0 spiro atoms. The van der Waals surface area contributed by atoms with Gasteiger partial charge >= 0.3 is 0 Å². The van der Waals surface area contributed by atoms with E-state index in [1.165, 1.54) is 0 Å². The zero-order valence-electron chi connectivity index (χ0n) is 10.4. The molecule has 2 rings (SSSR count). The van der Waals surface area contributed by atoms with E-state index in [0.29, 0.717) is 12.8 Å². The lowest BCUT2D eigenvalue weighted by molar-refractivity contribution is -0.214. The van der Waals surface area contributed by atoms with Crippen LogP contribution in [0.15, 0.2) is 12.2 Å². The summed E-state index contributed by atoms with van der Waals surface area (Å²) in [5.74, 6) is 0. The SMILES string of the molecule is CC(C)(C)C1(O)C[C@]2(C)C=C[C@](C)(C1)O2. The molecule has 86 valence electrons. The lowest BCUT2D eigenvalue weighted by Crippen LogP contribution is -2.57. The molecule has 0 aromatic rings. The monoisotopic (exact) mass is 210 g/mol. The molecule has 0 aromatic carbocycles. The van der Waals surface area contributed by atoms with Gasteiger partial charge in [-0.1, -0.05) is 32.9 Å². The maximum absolute atomic E-state index is 10.8. The number of rotatable bonds is 0. The summed E-state index contributed by atoms with van der Waals surface area (Å²) in [5.41, 5.74) is -1.31. The first kappa shape index (κ1) is 11.2. The van der Waals surface area contributed by atoms with E-state index >= 15 is 0 Å². The fourth-order valence-corrected chi connectivity index (χ4v) is 2.90. The van der Waals surface area contributed by atoms with Crippen LogP contribution in [0.4, 0.5) is 0 Å². The topological polar surface area (TPSA) is 29.5 Å². The summed E-state index contributed by atoms with van der Waals surface area (Å²) in [5, 5.41) is 10.8. The van der Waals surface area contributed by atoms with Gasteiger partial charge < -0.3 is 9.84 Å². The molecule has 2 bridgehead atoms. The normalized spacial score (nSPS) is 49.7. The molecule has 1 fully saturated rings. The van der Waals surface area contributed by atoms with Crippen LogP contribution in [0.5, 0.6) is 0 Å². The summed E-state index contributed by atoms with van der Waals surface area (Å²) >= 11 is 0. The molecule has 0 saturated carbocycles. The molecule has 0 radical (unpaired) electrons. The Hall–Kier alpha value is -0.340. The third kappa shape index (κ3) is 1.64. The Balaban J connectivity index is 2.36. The summed E-state index contributed by atoms with van der Waals surface area (Å²) in [6, 6.07) is 0. The van der Waals surface area contributed by atoms with E-state index in [1.54, 1.807) is 0 Å². The molecule has 1 N–H and O–H groups in total. The quantitative estimate of drug-likeness (QED) is 0.623. The molecule has 1 saturated heterocycles. The van der Waals surface area contributed by atoms with Crippen molar-refractivity contribution in [3.05, 3.63) is 12.2 Å². The van der Waals surface area contributed by atoms with Crippen LogP contribution in [-0.4, -0.2) is 21.9 Å². The summed E-state index contributed by atoms with van der Waals surface area (Å²) in [6.45, 7) is 10.4. The lowest BCUT2D eigenvalue weighted by Gasteiger charge is -2.52. The van der Waals surface area contributed by atoms with Crippen LogP contribution in [0.3, 0.4) is 0 Å². The number of hydrogen-bond donors (Lipinski definition) is 1. The van der Waals surface area contributed by atoms with E-state index < -0.39 is 5.60 Å². The van der Waals surface area contributed by atoms with Gasteiger partial charge in [0.2, 0.25) is 0 Å². The van der Waals surface area contributed by atoms with Crippen LogP contribution in [-0.2, 0) is 4.74 Å². The number of fused-ring (bicyclic) bond motifs is 2. The summed E-state index contributed by atoms with van der Waals surface area (Å²) in [7, 11) is 0. The fraction of sp³-hybridized carbons (Fsp3) is 0.846. The first-order valence-electron chi connectivity index (χ1n) is 5.71. The molecule has 0 aliphatic carbocycles. The Labute approximate surface area is 92.3 Å². The summed E-state index contributed by atoms with van der Waals surface area (Å²) < 4.78 is 5.99. The Morgan fingerprint density at radius 3 is 1.80 bits per heavy atom. The minimum Gasteiger partial charge on any atom is -0.389 e. The molecular formula is C13H22O2. The third-order valence-corrected chi connectivity index (χ3v) is 3.94. The third-order valence-electron chi connectivity index (χ3n) is 3.94. The molecule has 2 heterocycles. The summed E-state index contributed by atoms with van der Waals surface area (Å²) in [6.07, 6.45) is 5.60. The van der Waals surface area contributed by atoms with Gasteiger partial charge in [-0.3, -0.25) is 0 Å². The van der Waals surface area contributed by atoms with Crippen molar-refractivity contribution in [2.45, 2.75) is 64.3 Å². The Bertz CT molecular complexity index is 293. The van der Waals surface area contributed by atoms with Crippen LogP contribution < -0.4 is 0 Å². The average Bonchev–Trinajstić information content (AvgIpc) is 2.18. The van der Waals surface area contributed by atoms with Gasteiger partial charge in [-0.25, -0.2) is 0 Å². The summed E-state index contributed by atoms with van der Waals surface area (Å²) in [4.78, 5) is 0. The highest BCUT2D eigenvalue weighted by Gasteiger charge is 2.56. The first-order chi connectivity index (χ1) is 6.58. The van der Waals surface area contributed by atoms with Crippen molar-refractivity contribution in [3.63, 3.8) is 0 Å². The number of hydrogen-bond acceptors (Lipinski definition) is 2. The van der Waals surface area contributed by atoms with Gasteiger partial charge in [0.25, 0.3) is 0 Å². The van der Waals surface area contributed by atoms with Crippen LogP contribution in [0.25, 0.3) is 0 Å². The standard InChI is InChI=1S/C13H22O2/c1-10(2,3)13(14)8-11(4)6-7-12(5,9-13)15-11/h6-7,14H,8-9H2,1-5H3/t11-,12+,13?. The predicted octanol–water partition coefficient (Wildman–Crippen LogP) is 2.66. The lowest BCUT2D eigenvalue weighted by atomic mass is 9.66. The minimum absolute atomic E-state index is 0.106. The highest BCUT2D eigenvalue weighted by atomic mass is 16.5. The highest BCUT2D eigenvalue weighted by molar-refractivity contribution is 5.23. The number of aliphatic hydroxyl groups is 1. The smallest absolute Gasteiger partial charge is 0.0874 e. The van der Waals surface area contributed by atoms with Crippen LogP contribution >= 0.6 is 0 Å². The minimum atomic E-state index is -0.641. The van der Waals surface area contributed by atoms with Gasteiger partial charge in [0, 0.05) is 12.8 Å². The van der Waals surface area contributed by atoms with E-state index in [4.69, 9.17) is 4.74 Å². The molecule has 2 nitrogen and oxygen atoms in total. The number of ether oxygens (including phenoxy) is 1. The molecule has 2 aliphatic rings. The van der Waals surface area contributed by atoms with Crippen LogP contribution in [0.2, 0.25) is 0 Å². The van der Waals surface area contributed by atoms with Crippen molar-refractivity contribution in [3.8, 4) is 0 Å². The van der Waals surface area contributed by atoms with Gasteiger partial charge in [0.15, 0.2) is 0 Å². The zero-order valence-corrected chi connectivity index (χ0v) is 10.4. The van der Waals surface area contributed by atoms with Gasteiger partial charge in [-0.15, -0.1) is 0 Å². The average molecular weight is 210 g/mol. The van der Waals surface area contributed by atoms with Crippen molar-refractivity contribution in [2.75, 3.05) is 0 Å². The Kier molecular flexibility index (Phi) is 1.98. The van der Waals surface area contributed by atoms with E-state index in [9.17, 15) is 5.11 Å². The molecule has 0 amide bonds. The molecular weight excluding hydrogens is 188 g/mol.